The molecular weight excluding hydrogens is 769 g/mol. The molecule has 1 aliphatic heterocycles. The van der Waals surface area contributed by atoms with E-state index in [1.807, 2.05) is 0 Å². The Morgan fingerprint density at radius 1 is 0.603 bits per heavy atom. The molecule has 0 N–H and O–H groups in total. The Hall–Kier alpha value is -7.89. The summed E-state index contributed by atoms with van der Waals surface area (Å²) in [5.74, 6) is 1.17. The lowest BCUT2D eigenvalue weighted by Gasteiger charge is -2.36. The maximum atomic E-state index is 6.93. The molecule has 3 aliphatic rings. The Bertz CT molecular complexity index is 3670. The van der Waals surface area contributed by atoms with Crippen LogP contribution in [0.1, 0.15) is 36.1 Å². The van der Waals surface area contributed by atoms with Crippen LogP contribution >= 0.6 is 0 Å². The van der Waals surface area contributed by atoms with Crippen molar-refractivity contribution in [3.05, 3.63) is 210 Å². The molecule has 2 atom stereocenters. The third kappa shape index (κ3) is 5.33. The zero-order valence-electron chi connectivity index (χ0n) is 35.0. The third-order valence-electron chi connectivity index (χ3n) is 13.6. The van der Waals surface area contributed by atoms with Gasteiger partial charge in [-0.2, -0.15) is 0 Å². The number of nitrogens with zero attached hydrogens (tertiary/aromatic N) is 4. The van der Waals surface area contributed by atoms with Gasteiger partial charge in [-0.3, -0.25) is 4.57 Å². The summed E-state index contributed by atoms with van der Waals surface area (Å²) in [4.78, 5) is 8.00. The summed E-state index contributed by atoms with van der Waals surface area (Å²) in [5.41, 5.74) is 16.9. The number of likely N-dealkylation sites (N-methyl/N-ethyl adjacent to an activating group) is 1. The molecule has 4 heterocycles. The fraction of sp³-hybridized carbons (Fsp3) is 0.0862. The van der Waals surface area contributed by atoms with Crippen molar-refractivity contribution >= 4 is 72.4 Å². The van der Waals surface area contributed by atoms with E-state index in [1.54, 1.807) is 0 Å². The molecule has 2 aliphatic carbocycles. The van der Waals surface area contributed by atoms with Gasteiger partial charge in [0.2, 0.25) is 5.96 Å². The van der Waals surface area contributed by atoms with Gasteiger partial charge in [-0.05, 0) is 77.1 Å². The number of hydrogen-bond acceptors (Lipinski definition) is 3. The van der Waals surface area contributed by atoms with E-state index in [1.165, 1.54) is 49.5 Å². The number of para-hydroxylation sites is 3. The minimum absolute atomic E-state index is 0.0198. The molecule has 0 amide bonds. The van der Waals surface area contributed by atoms with Crippen molar-refractivity contribution in [1.82, 2.24) is 14.0 Å². The number of rotatable bonds is 4. The Balaban J connectivity index is 1.06. The predicted octanol–water partition coefficient (Wildman–Crippen LogP) is 14.5. The first-order valence-electron chi connectivity index (χ1n) is 22.0. The molecule has 7 aromatic carbocycles. The van der Waals surface area contributed by atoms with Crippen LogP contribution in [-0.4, -0.2) is 33.1 Å². The van der Waals surface area contributed by atoms with Gasteiger partial charge in [0.25, 0.3) is 0 Å². The summed E-state index contributed by atoms with van der Waals surface area (Å²) in [7, 11) is 2.19. The summed E-state index contributed by atoms with van der Waals surface area (Å²) in [6.07, 6.45) is 14.4. The smallest absolute Gasteiger partial charge is 0.211 e. The maximum absolute atomic E-state index is 6.93. The van der Waals surface area contributed by atoms with Gasteiger partial charge in [-0.1, -0.05) is 159 Å². The lowest BCUT2D eigenvalue weighted by Crippen LogP contribution is -2.44. The second-order valence-electron chi connectivity index (χ2n) is 17.2. The van der Waals surface area contributed by atoms with Crippen LogP contribution in [0.2, 0.25) is 0 Å². The molecule has 5 nitrogen and oxygen atoms in total. The molecule has 0 radical (unpaired) electrons. The minimum atomic E-state index is 0.0198. The first kappa shape index (κ1) is 35.8. The highest BCUT2D eigenvalue weighted by atomic mass is 16.3. The SMILES string of the molecule is CC1CC=Cc2c1c1c3oc4ccccc4c3cc(-c3ccc(-c4ccc5c6ccccc6n(-c6ccccc6)c5c4)cc3)c1n2C1=NC(c2ccccc2)=C2C=CC=CC2N1C. The number of fused-ring (bicyclic) bond motifs is 11. The summed E-state index contributed by atoms with van der Waals surface area (Å²) in [6.45, 7) is 2.35. The third-order valence-corrected chi connectivity index (χ3v) is 13.6. The van der Waals surface area contributed by atoms with Crippen LogP contribution in [0, 0.1) is 0 Å². The standard InChI is InChI=1S/C58H42N4O/c1-36-16-15-26-50-53(36)54-56(62(50)58-59-55(39-17-5-3-6-18-39)45-23-10-12-24-48(45)60(58)2)46(35-47-44-22-11-14-27-52(44)63-57(47)54)38-30-28-37(29-31-38)40-32-33-43-42-21-9-13-25-49(42)61(51(43)34-40)41-19-7-4-8-20-41/h3-15,17-36,48H,16H2,1-2H3. The molecule has 300 valence electrons. The summed E-state index contributed by atoms with van der Waals surface area (Å²) < 4.78 is 11.8. The van der Waals surface area contributed by atoms with E-state index in [2.05, 4.69) is 222 Å². The van der Waals surface area contributed by atoms with Crippen LogP contribution in [0.4, 0.5) is 0 Å². The second-order valence-corrected chi connectivity index (χ2v) is 17.2. The summed E-state index contributed by atoms with van der Waals surface area (Å²) in [6, 6.07) is 57.0. The fourth-order valence-electron chi connectivity index (χ4n) is 10.6. The summed E-state index contributed by atoms with van der Waals surface area (Å²) in [5, 5.41) is 5.93. The van der Waals surface area contributed by atoms with Crippen molar-refractivity contribution in [2.45, 2.75) is 25.3 Å². The lowest BCUT2D eigenvalue weighted by atomic mass is 9.89. The zero-order chi connectivity index (χ0) is 41.8. The Kier molecular flexibility index (Phi) is 7.86. The van der Waals surface area contributed by atoms with Gasteiger partial charge >= 0.3 is 0 Å². The van der Waals surface area contributed by atoms with E-state index >= 15 is 0 Å². The molecule has 10 aromatic rings. The maximum Gasteiger partial charge on any atom is 0.211 e. The number of furan rings is 1. The van der Waals surface area contributed by atoms with Crippen molar-refractivity contribution < 1.29 is 4.42 Å². The molecule has 0 fully saturated rings. The van der Waals surface area contributed by atoms with Crippen LogP contribution in [0.3, 0.4) is 0 Å². The van der Waals surface area contributed by atoms with Gasteiger partial charge in [0.15, 0.2) is 0 Å². The minimum Gasteiger partial charge on any atom is -0.455 e. The average molecular weight is 811 g/mol. The highest BCUT2D eigenvalue weighted by Gasteiger charge is 2.35. The van der Waals surface area contributed by atoms with E-state index in [4.69, 9.17) is 9.41 Å². The van der Waals surface area contributed by atoms with Crippen LogP contribution in [-0.2, 0) is 0 Å². The first-order chi connectivity index (χ1) is 31.1. The van der Waals surface area contributed by atoms with E-state index < -0.39 is 0 Å². The molecular formula is C58H42N4O. The van der Waals surface area contributed by atoms with E-state index in [0.717, 1.165) is 73.6 Å². The monoisotopic (exact) mass is 810 g/mol. The van der Waals surface area contributed by atoms with Gasteiger partial charge in [0.1, 0.15) is 11.2 Å². The van der Waals surface area contributed by atoms with Gasteiger partial charge in [0.05, 0.1) is 34.0 Å². The van der Waals surface area contributed by atoms with Crippen LogP contribution in [0.25, 0.3) is 94.4 Å². The van der Waals surface area contributed by atoms with E-state index in [0.29, 0.717) is 0 Å². The second kappa shape index (κ2) is 13.8. The van der Waals surface area contributed by atoms with Crippen LogP contribution < -0.4 is 0 Å². The summed E-state index contributed by atoms with van der Waals surface area (Å²) >= 11 is 0. The van der Waals surface area contributed by atoms with Crippen molar-refractivity contribution in [2.75, 3.05) is 7.05 Å². The number of aliphatic imine (C=N–C) groups is 1. The lowest BCUT2D eigenvalue weighted by molar-refractivity contribution is 0.453. The number of benzene rings is 7. The molecule has 2 unspecified atom stereocenters. The molecule has 13 rings (SSSR count). The number of allylic oxidation sites excluding steroid dienone is 3. The first-order valence-corrected chi connectivity index (χ1v) is 22.0. The largest absolute Gasteiger partial charge is 0.455 e. The topological polar surface area (TPSA) is 38.6 Å². The van der Waals surface area contributed by atoms with Gasteiger partial charge in [-0.15, -0.1) is 0 Å². The highest BCUT2D eigenvalue weighted by Crippen LogP contribution is 2.48. The molecule has 0 bridgehead atoms. The van der Waals surface area contributed by atoms with E-state index in [9.17, 15) is 0 Å². The average Bonchev–Trinajstić information content (AvgIpc) is 4.00. The van der Waals surface area contributed by atoms with Crippen molar-refractivity contribution in [3.63, 3.8) is 0 Å². The van der Waals surface area contributed by atoms with Crippen molar-refractivity contribution in [3.8, 4) is 27.9 Å². The van der Waals surface area contributed by atoms with Crippen molar-refractivity contribution in [2.24, 2.45) is 4.99 Å². The fourth-order valence-corrected chi connectivity index (χ4v) is 10.6. The van der Waals surface area contributed by atoms with Crippen LogP contribution in [0.5, 0.6) is 0 Å². The highest BCUT2D eigenvalue weighted by molar-refractivity contribution is 6.22. The molecule has 63 heavy (non-hydrogen) atoms. The van der Waals surface area contributed by atoms with Crippen LogP contribution in [0.15, 0.2) is 203 Å². The van der Waals surface area contributed by atoms with Gasteiger partial charge in [-0.25, -0.2) is 4.99 Å². The molecule has 0 saturated heterocycles. The molecule has 0 spiro atoms. The molecule has 5 heteroatoms. The predicted molar refractivity (Wildman–Crippen MR) is 263 cm³/mol. The molecule has 0 saturated carbocycles. The zero-order valence-corrected chi connectivity index (χ0v) is 35.0. The Morgan fingerprint density at radius 3 is 2.16 bits per heavy atom. The van der Waals surface area contributed by atoms with Crippen molar-refractivity contribution in [1.29, 1.82) is 0 Å². The Labute approximate surface area is 365 Å². The van der Waals surface area contributed by atoms with E-state index in [-0.39, 0.29) is 12.0 Å². The number of aromatic nitrogens is 2. The van der Waals surface area contributed by atoms with Gasteiger partial charge < -0.3 is 13.9 Å². The number of hydrogen-bond donors (Lipinski definition) is 0. The Morgan fingerprint density at radius 2 is 1.32 bits per heavy atom. The quantitative estimate of drug-likeness (QED) is 0.178. The normalized spacial score (nSPS) is 17.1. The molecule has 3 aromatic heterocycles. The van der Waals surface area contributed by atoms with Gasteiger partial charge in [0, 0.05) is 56.4 Å².